The van der Waals surface area contributed by atoms with E-state index in [1.807, 2.05) is 20.8 Å². The van der Waals surface area contributed by atoms with Gasteiger partial charge in [0.15, 0.2) is 6.61 Å². The normalized spacial score (nSPS) is 11.2. The molecule has 0 radical (unpaired) electrons. The van der Waals surface area contributed by atoms with E-state index < -0.39 is 18.7 Å². The summed E-state index contributed by atoms with van der Waals surface area (Å²) in [7, 11) is 0. The molecule has 0 atom stereocenters. The summed E-state index contributed by atoms with van der Waals surface area (Å²) < 4.78 is 40.7. The van der Waals surface area contributed by atoms with Crippen LogP contribution in [0.4, 0.5) is 13.2 Å². The van der Waals surface area contributed by atoms with E-state index in [1.54, 1.807) is 6.07 Å². The molecular weight excluding hydrogens is 363 g/mol. The van der Waals surface area contributed by atoms with Crippen LogP contribution in [0, 0.1) is 0 Å². The van der Waals surface area contributed by atoms with Crippen LogP contribution in [0.2, 0.25) is 0 Å². The summed E-state index contributed by atoms with van der Waals surface area (Å²) >= 11 is 0. The number of amides is 1. The number of rotatable bonds is 5. The van der Waals surface area contributed by atoms with Crippen molar-refractivity contribution in [2.75, 3.05) is 6.61 Å². The molecule has 0 aromatic carbocycles. The molecular formula is C17H21F3N5O2-. The first-order valence-electron chi connectivity index (χ1n) is 7.88. The van der Waals surface area contributed by atoms with Crippen LogP contribution >= 0.6 is 0 Å². The first kappa shape index (κ1) is 22.3. The summed E-state index contributed by atoms with van der Waals surface area (Å²) in [5.74, 6) is -0.605. The van der Waals surface area contributed by atoms with Gasteiger partial charge in [-0.2, -0.15) is 13.2 Å². The van der Waals surface area contributed by atoms with Crippen LogP contribution in [0.5, 0.6) is 5.88 Å². The van der Waals surface area contributed by atoms with Crippen molar-refractivity contribution in [3.8, 4) is 5.88 Å². The quantitative estimate of drug-likeness (QED) is 0.849. The summed E-state index contributed by atoms with van der Waals surface area (Å²) in [6.45, 7) is 4.24. The minimum Gasteiger partial charge on any atom is -0.673 e. The zero-order valence-electron chi connectivity index (χ0n) is 15.2. The minimum atomic E-state index is -4.43. The van der Waals surface area contributed by atoms with Crippen molar-refractivity contribution in [1.82, 2.24) is 20.3 Å². The summed E-state index contributed by atoms with van der Waals surface area (Å²) in [6, 6.07) is 2.88. The highest BCUT2D eigenvalue weighted by Gasteiger charge is 2.28. The number of carbonyl (C=O) groups is 1. The van der Waals surface area contributed by atoms with E-state index in [1.165, 1.54) is 30.9 Å². The molecule has 2 N–H and O–H groups in total. The number of alkyl halides is 3. The zero-order valence-corrected chi connectivity index (χ0v) is 15.2. The Kier molecular flexibility index (Phi) is 8.10. The molecule has 2 rings (SSSR count). The lowest BCUT2D eigenvalue weighted by Crippen LogP contribution is -2.24. The van der Waals surface area contributed by atoms with Crippen LogP contribution in [0.15, 0.2) is 36.9 Å². The zero-order chi connectivity index (χ0) is 20.5. The maximum atomic E-state index is 12.1. The molecule has 2 aromatic rings. The molecule has 0 spiro atoms. The molecule has 0 aliphatic carbocycles. The van der Waals surface area contributed by atoms with Gasteiger partial charge in [0, 0.05) is 31.2 Å². The second-order valence-electron chi connectivity index (χ2n) is 6.43. The van der Waals surface area contributed by atoms with Crippen LogP contribution < -0.4 is 10.1 Å². The Morgan fingerprint density at radius 2 is 1.85 bits per heavy atom. The molecule has 0 aliphatic rings. The van der Waals surface area contributed by atoms with Gasteiger partial charge in [-0.05, 0) is 11.6 Å². The van der Waals surface area contributed by atoms with Gasteiger partial charge < -0.3 is 15.8 Å². The molecule has 2 heterocycles. The van der Waals surface area contributed by atoms with Crippen LogP contribution in [-0.4, -0.2) is 39.2 Å². The minimum absolute atomic E-state index is 0.0975. The molecule has 2 aromatic heterocycles. The van der Waals surface area contributed by atoms with Crippen LogP contribution in [0.25, 0.3) is 5.73 Å². The molecule has 27 heavy (non-hydrogen) atoms. The van der Waals surface area contributed by atoms with E-state index >= 15 is 0 Å². The molecule has 7 nitrogen and oxygen atoms in total. The average Bonchev–Trinajstić information content (AvgIpc) is 2.57. The fourth-order valence-corrected chi connectivity index (χ4v) is 1.48. The predicted molar refractivity (Wildman–Crippen MR) is 93.1 cm³/mol. The molecule has 0 saturated heterocycles. The van der Waals surface area contributed by atoms with Gasteiger partial charge in [0.05, 0.1) is 6.20 Å². The van der Waals surface area contributed by atoms with Gasteiger partial charge >= 0.3 is 6.18 Å². The van der Waals surface area contributed by atoms with Crippen molar-refractivity contribution in [3.63, 3.8) is 0 Å². The SMILES string of the molecule is CC(C)(C)[NH-].O=C(NCc1ccnc(OCC(F)(F)F)c1)c1cnccn1. The maximum Gasteiger partial charge on any atom is 0.422 e. The van der Waals surface area contributed by atoms with Gasteiger partial charge in [-0.3, -0.25) is 9.78 Å². The Balaban J connectivity index is 0.000000646. The largest absolute Gasteiger partial charge is 0.673 e. The lowest BCUT2D eigenvalue weighted by atomic mass is 10.1. The second kappa shape index (κ2) is 9.81. The maximum absolute atomic E-state index is 12.1. The van der Waals surface area contributed by atoms with Gasteiger partial charge in [0.2, 0.25) is 5.88 Å². The topological polar surface area (TPSA) is 101 Å². The Labute approximate surface area is 155 Å². The molecule has 0 fully saturated rings. The number of carbonyl (C=O) groups excluding carboxylic acids is 1. The third-order valence-corrected chi connectivity index (χ3v) is 2.43. The standard InChI is InChI=1S/C13H11F3N4O2.C4H10N/c14-13(15,16)8-22-11-5-9(1-2-19-11)6-20-12(21)10-7-17-3-4-18-10;1-4(2,3)5/h1-5,7H,6,8H2,(H,20,21);5H,1-3H3/q;-1. The summed E-state index contributed by atoms with van der Waals surface area (Å²) in [5, 5.41) is 2.57. The van der Waals surface area contributed by atoms with E-state index in [0.29, 0.717) is 5.56 Å². The molecule has 0 saturated carbocycles. The molecule has 0 unspecified atom stereocenters. The highest BCUT2D eigenvalue weighted by atomic mass is 19.4. The summed E-state index contributed by atoms with van der Waals surface area (Å²) in [4.78, 5) is 23.0. The molecule has 10 heteroatoms. The fourth-order valence-electron chi connectivity index (χ4n) is 1.48. The van der Waals surface area contributed by atoms with Crippen LogP contribution in [0.3, 0.4) is 0 Å². The monoisotopic (exact) mass is 384 g/mol. The predicted octanol–water partition coefficient (Wildman–Crippen LogP) is 3.58. The highest BCUT2D eigenvalue weighted by Crippen LogP contribution is 2.17. The lowest BCUT2D eigenvalue weighted by Gasteiger charge is -2.20. The van der Waals surface area contributed by atoms with E-state index in [9.17, 15) is 18.0 Å². The third kappa shape index (κ3) is 11.5. The van der Waals surface area contributed by atoms with Crippen molar-refractivity contribution < 1.29 is 22.7 Å². The van der Waals surface area contributed by atoms with Gasteiger partial charge in [-0.1, -0.05) is 20.8 Å². The number of hydrogen-bond acceptors (Lipinski definition) is 5. The summed E-state index contributed by atoms with van der Waals surface area (Å²) in [6.07, 6.45) is 0.988. The Morgan fingerprint density at radius 1 is 1.19 bits per heavy atom. The molecule has 148 valence electrons. The van der Waals surface area contributed by atoms with E-state index in [-0.39, 0.29) is 23.7 Å². The number of hydrogen-bond donors (Lipinski definition) is 1. The number of nitrogens with one attached hydrogen (secondary N) is 2. The third-order valence-electron chi connectivity index (χ3n) is 2.43. The fraction of sp³-hybridized carbons (Fsp3) is 0.412. The van der Waals surface area contributed by atoms with Gasteiger partial charge in [0.1, 0.15) is 5.69 Å². The smallest absolute Gasteiger partial charge is 0.422 e. The van der Waals surface area contributed by atoms with Crippen molar-refractivity contribution in [1.29, 1.82) is 0 Å². The Hall–Kier alpha value is -2.75. The van der Waals surface area contributed by atoms with Crippen molar-refractivity contribution in [3.05, 3.63) is 53.9 Å². The number of halogens is 3. The van der Waals surface area contributed by atoms with E-state index in [0.717, 1.165) is 0 Å². The van der Waals surface area contributed by atoms with Crippen LogP contribution in [-0.2, 0) is 6.54 Å². The van der Waals surface area contributed by atoms with E-state index in [4.69, 9.17) is 5.73 Å². The number of pyridine rings is 1. The lowest BCUT2D eigenvalue weighted by molar-refractivity contribution is -0.154. The second-order valence-corrected chi connectivity index (χ2v) is 6.43. The Morgan fingerprint density at radius 3 is 2.41 bits per heavy atom. The first-order chi connectivity index (χ1) is 12.4. The number of aromatic nitrogens is 3. The van der Waals surface area contributed by atoms with Crippen molar-refractivity contribution >= 4 is 5.91 Å². The van der Waals surface area contributed by atoms with Gasteiger partial charge in [-0.15, -0.1) is 5.54 Å². The Bertz CT molecular complexity index is 712. The van der Waals surface area contributed by atoms with Crippen molar-refractivity contribution in [2.45, 2.75) is 39.0 Å². The average molecular weight is 384 g/mol. The number of ether oxygens (including phenoxy) is 1. The van der Waals surface area contributed by atoms with Gasteiger partial charge in [-0.25, -0.2) is 9.97 Å². The highest BCUT2D eigenvalue weighted by molar-refractivity contribution is 5.91. The number of nitrogens with zero attached hydrogens (tertiary/aromatic N) is 3. The molecule has 0 aliphatic heterocycles. The first-order valence-corrected chi connectivity index (χ1v) is 7.88. The van der Waals surface area contributed by atoms with Crippen LogP contribution in [0.1, 0.15) is 36.8 Å². The van der Waals surface area contributed by atoms with Crippen molar-refractivity contribution in [2.24, 2.45) is 0 Å². The molecule has 1 amide bonds. The van der Waals surface area contributed by atoms with Gasteiger partial charge in [0.25, 0.3) is 5.91 Å². The molecule has 0 bridgehead atoms. The summed E-state index contributed by atoms with van der Waals surface area (Å²) in [5.41, 5.74) is 7.38. The van der Waals surface area contributed by atoms with E-state index in [2.05, 4.69) is 25.0 Å².